The number of likely N-dealkylation sites (tertiary alicyclic amines) is 1. The topological polar surface area (TPSA) is 53.3 Å². The Balaban J connectivity index is 1.87. The maximum absolute atomic E-state index is 13.2. The zero-order chi connectivity index (χ0) is 22.3. The molecule has 8 heteroatoms. The molecular weight excluding hydrogens is 400 g/mol. The van der Waals surface area contributed by atoms with Crippen molar-refractivity contribution < 1.29 is 27.1 Å². The molecule has 2 aromatic rings. The first-order chi connectivity index (χ1) is 13.9. The smallest absolute Gasteiger partial charge is 0.417 e. The van der Waals surface area contributed by atoms with Crippen LogP contribution in [0.4, 0.5) is 17.6 Å². The summed E-state index contributed by atoms with van der Waals surface area (Å²) < 4.78 is 58.6. The molecule has 0 unspecified atom stereocenters. The van der Waals surface area contributed by atoms with Gasteiger partial charge in [-0.3, -0.25) is 4.79 Å². The number of rotatable bonds is 4. The number of halogens is 4. The summed E-state index contributed by atoms with van der Waals surface area (Å²) in [5.74, 6) is -0.889. The number of amides is 1. The van der Waals surface area contributed by atoms with E-state index in [2.05, 4.69) is 0 Å². The van der Waals surface area contributed by atoms with Crippen LogP contribution in [0.25, 0.3) is 0 Å². The maximum Gasteiger partial charge on any atom is 0.417 e. The lowest BCUT2D eigenvalue weighted by Crippen LogP contribution is -2.37. The van der Waals surface area contributed by atoms with E-state index >= 15 is 0 Å². The van der Waals surface area contributed by atoms with Crippen LogP contribution in [0.5, 0.6) is 5.75 Å². The van der Waals surface area contributed by atoms with Gasteiger partial charge in [-0.1, -0.05) is 26.0 Å². The third kappa shape index (κ3) is 4.11. The number of alkyl halides is 3. The lowest BCUT2D eigenvalue weighted by Gasteiger charge is -2.26. The van der Waals surface area contributed by atoms with Gasteiger partial charge in [-0.2, -0.15) is 18.4 Å². The monoisotopic (exact) mass is 420 g/mol. The Morgan fingerprint density at radius 1 is 1.20 bits per heavy atom. The summed E-state index contributed by atoms with van der Waals surface area (Å²) in [5.41, 5.74) is -1.57. The van der Waals surface area contributed by atoms with Crippen molar-refractivity contribution in [1.82, 2.24) is 4.90 Å². The van der Waals surface area contributed by atoms with Gasteiger partial charge in [0.1, 0.15) is 11.6 Å². The summed E-state index contributed by atoms with van der Waals surface area (Å²) >= 11 is 0. The molecule has 1 aliphatic heterocycles. The number of nitriles is 1. The van der Waals surface area contributed by atoms with Gasteiger partial charge in [-0.15, -0.1) is 0 Å². The fourth-order valence-electron chi connectivity index (χ4n) is 3.61. The van der Waals surface area contributed by atoms with E-state index in [0.717, 1.165) is 17.7 Å². The van der Waals surface area contributed by atoms with E-state index in [4.69, 9.17) is 10.00 Å². The minimum atomic E-state index is -4.72. The van der Waals surface area contributed by atoms with Gasteiger partial charge in [-0.25, -0.2) is 4.39 Å². The Kier molecular flexibility index (Phi) is 5.50. The van der Waals surface area contributed by atoms with E-state index < -0.39 is 28.8 Å². The van der Waals surface area contributed by atoms with Crippen LogP contribution in [0.3, 0.4) is 0 Å². The van der Waals surface area contributed by atoms with E-state index in [0.29, 0.717) is 6.54 Å². The molecule has 0 spiro atoms. The molecule has 4 nitrogen and oxygen atoms in total. The number of benzene rings is 2. The summed E-state index contributed by atoms with van der Waals surface area (Å²) in [6.07, 6.45) is -5.72. The molecule has 3 rings (SSSR count). The Morgan fingerprint density at radius 2 is 1.83 bits per heavy atom. The van der Waals surface area contributed by atoms with E-state index in [1.54, 1.807) is 37.8 Å². The molecule has 30 heavy (non-hydrogen) atoms. The van der Waals surface area contributed by atoms with Crippen molar-refractivity contribution in [3.8, 4) is 11.8 Å². The highest BCUT2D eigenvalue weighted by Gasteiger charge is 2.49. The molecule has 0 bridgehead atoms. The molecular formula is C22H20F4N2O2. The molecule has 2 aromatic carbocycles. The van der Waals surface area contributed by atoms with Crippen molar-refractivity contribution in [2.45, 2.75) is 39.1 Å². The second kappa shape index (κ2) is 7.63. The molecule has 2 atom stereocenters. The standard InChI is InChI=1S/C22H20F4N2O2/c1-13(14-4-7-16(23)8-5-14)28-12-21(2,3)19(20(28)29)30-17-9-6-15(11-27)18(10-17)22(24,25)26/h4-10,13,19H,12H2,1-3H3/t13-,19-/m0/s1. The van der Waals surface area contributed by atoms with Crippen molar-refractivity contribution in [1.29, 1.82) is 5.26 Å². The van der Waals surface area contributed by atoms with Crippen LogP contribution in [0, 0.1) is 22.6 Å². The minimum Gasteiger partial charge on any atom is -0.480 e. The molecule has 0 aliphatic carbocycles. The van der Waals surface area contributed by atoms with Gasteiger partial charge in [0.2, 0.25) is 0 Å². The predicted octanol–water partition coefficient (Wildman–Crippen LogP) is 5.09. The van der Waals surface area contributed by atoms with E-state index in [9.17, 15) is 22.4 Å². The lowest BCUT2D eigenvalue weighted by atomic mass is 9.89. The Morgan fingerprint density at radius 3 is 2.40 bits per heavy atom. The number of ether oxygens (including phenoxy) is 1. The van der Waals surface area contributed by atoms with Gasteiger partial charge < -0.3 is 9.64 Å². The molecule has 1 amide bonds. The highest BCUT2D eigenvalue weighted by atomic mass is 19.4. The summed E-state index contributed by atoms with van der Waals surface area (Å²) in [5, 5.41) is 8.93. The number of carbonyl (C=O) groups is 1. The molecule has 0 N–H and O–H groups in total. The quantitative estimate of drug-likeness (QED) is 0.648. The van der Waals surface area contributed by atoms with Crippen LogP contribution >= 0.6 is 0 Å². The second-order valence-corrected chi connectivity index (χ2v) is 8.00. The summed E-state index contributed by atoms with van der Waals surface area (Å²) in [4.78, 5) is 14.6. The minimum absolute atomic E-state index is 0.135. The third-order valence-corrected chi connectivity index (χ3v) is 5.29. The Hall–Kier alpha value is -3.08. The zero-order valence-corrected chi connectivity index (χ0v) is 16.6. The van der Waals surface area contributed by atoms with Gasteiger partial charge >= 0.3 is 6.18 Å². The molecule has 158 valence electrons. The average Bonchev–Trinajstić information content (AvgIpc) is 2.90. The van der Waals surface area contributed by atoms with E-state index in [1.165, 1.54) is 24.3 Å². The third-order valence-electron chi connectivity index (χ3n) is 5.29. The summed E-state index contributed by atoms with van der Waals surface area (Å²) in [6.45, 7) is 5.70. The SMILES string of the molecule is C[C@@H](c1ccc(F)cc1)N1CC(C)(C)[C@@H](Oc2ccc(C#N)c(C(F)(F)F)c2)C1=O. The second-order valence-electron chi connectivity index (χ2n) is 8.00. The van der Waals surface area contributed by atoms with Crippen molar-refractivity contribution in [3.63, 3.8) is 0 Å². The van der Waals surface area contributed by atoms with E-state index in [1.807, 2.05) is 0 Å². The number of carbonyl (C=O) groups excluding carboxylic acids is 1. The highest BCUT2D eigenvalue weighted by molar-refractivity contribution is 5.85. The molecule has 1 fully saturated rings. The first-order valence-electron chi connectivity index (χ1n) is 9.28. The number of hydrogen-bond acceptors (Lipinski definition) is 3. The Bertz CT molecular complexity index is 994. The van der Waals surface area contributed by atoms with Crippen LogP contribution in [0.15, 0.2) is 42.5 Å². The normalized spacial score (nSPS) is 19.5. The van der Waals surface area contributed by atoms with Crippen LogP contribution < -0.4 is 4.74 Å². The number of nitrogens with zero attached hydrogens (tertiary/aromatic N) is 2. The van der Waals surface area contributed by atoms with Crippen LogP contribution in [-0.4, -0.2) is 23.5 Å². The molecule has 0 aromatic heterocycles. The van der Waals surface area contributed by atoms with Crippen LogP contribution in [-0.2, 0) is 11.0 Å². The molecule has 0 radical (unpaired) electrons. The Labute approximate surface area is 171 Å². The van der Waals surface area contributed by atoms with Crippen molar-refractivity contribution in [2.24, 2.45) is 5.41 Å². The van der Waals surface area contributed by atoms with Gasteiger partial charge in [0, 0.05) is 12.0 Å². The molecule has 1 saturated heterocycles. The fraction of sp³-hybridized carbons (Fsp3) is 0.364. The summed E-state index contributed by atoms with van der Waals surface area (Å²) in [7, 11) is 0. The summed E-state index contributed by atoms with van der Waals surface area (Å²) in [6, 6.07) is 9.97. The van der Waals surface area contributed by atoms with Crippen molar-refractivity contribution in [3.05, 3.63) is 65.0 Å². The zero-order valence-electron chi connectivity index (χ0n) is 16.6. The molecule has 1 aliphatic rings. The van der Waals surface area contributed by atoms with Crippen molar-refractivity contribution in [2.75, 3.05) is 6.54 Å². The fourth-order valence-corrected chi connectivity index (χ4v) is 3.61. The number of hydrogen-bond donors (Lipinski definition) is 0. The highest BCUT2D eigenvalue weighted by Crippen LogP contribution is 2.40. The first-order valence-corrected chi connectivity index (χ1v) is 9.28. The van der Waals surface area contributed by atoms with Gasteiger partial charge in [0.15, 0.2) is 6.10 Å². The van der Waals surface area contributed by atoms with E-state index in [-0.39, 0.29) is 23.5 Å². The van der Waals surface area contributed by atoms with Crippen LogP contribution in [0.2, 0.25) is 0 Å². The largest absolute Gasteiger partial charge is 0.480 e. The maximum atomic E-state index is 13.2. The molecule has 0 saturated carbocycles. The predicted molar refractivity (Wildman–Crippen MR) is 101 cm³/mol. The lowest BCUT2D eigenvalue weighted by molar-refractivity contribution is -0.138. The van der Waals surface area contributed by atoms with Gasteiger partial charge in [-0.05, 0) is 42.8 Å². The first kappa shape index (κ1) is 21.6. The molecule has 1 heterocycles. The van der Waals surface area contributed by atoms with Gasteiger partial charge in [0.05, 0.1) is 23.2 Å². The van der Waals surface area contributed by atoms with Crippen molar-refractivity contribution >= 4 is 5.91 Å². The van der Waals surface area contributed by atoms with Crippen LogP contribution in [0.1, 0.15) is 43.5 Å². The average molecular weight is 420 g/mol. The van der Waals surface area contributed by atoms with Gasteiger partial charge in [0.25, 0.3) is 5.91 Å².